The van der Waals surface area contributed by atoms with E-state index in [-0.39, 0.29) is 12.6 Å². The largest absolute Gasteiger partial charge is 0.465 e. The van der Waals surface area contributed by atoms with E-state index in [1.165, 1.54) is 12.1 Å². The van der Waals surface area contributed by atoms with Crippen molar-refractivity contribution in [2.75, 3.05) is 6.61 Å². The second-order valence-corrected chi connectivity index (χ2v) is 6.86. The molecule has 1 aliphatic rings. The van der Waals surface area contributed by atoms with Crippen LogP contribution in [-0.2, 0) is 21.1 Å². The Bertz CT molecular complexity index is 924. The molecule has 2 aromatic carbocycles. The summed E-state index contributed by atoms with van der Waals surface area (Å²) in [6, 6.07) is 10.8. The van der Waals surface area contributed by atoms with E-state index in [2.05, 4.69) is 0 Å². The number of aryl methyl sites for hydroxylation is 2. The van der Waals surface area contributed by atoms with E-state index in [9.17, 15) is 18.0 Å². The summed E-state index contributed by atoms with van der Waals surface area (Å²) in [6.07, 6.45) is -4.39. The van der Waals surface area contributed by atoms with Crippen LogP contribution in [0.2, 0.25) is 0 Å². The molecule has 0 radical (unpaired) electrons. The van der Waals surface area contributed by atoms with Gasteiger partial charge in [-0.2, -0.15) is 13.2 Å². The summed E-state index contributed by atoms with van der Waals surface area (Å²) in [5.74, 6) is -0.383. The third-order valence-electron chi connectivity index (χ3n) is 5.13. The lowest BCUT2D eigenvalue weighted by molar-refractivity contribution is -0.145. The third-order valence-corrected chi connectivity index (χ3v) is 5.13. The fourth-order valence-corrected chi connectivity index (χ4v) is 3.75. The Kier molecular flexibility index (Phi) is 4.66. The number of halogens is 3. The third kappa shape index (κ3) is 3.05. The predicted octanol–water partition coefficient (Wildman–Crippen LogP) is 5.61. The van der Waals surface area contributed by atoms with Gasteiger partial charge in [0.25, 0.3) is 0 Å². The quantitative estimate of drug-likeness (QED) is 0.650. The van der Waals surface area contributed by atoms with Crippen LogP contribution in [0, 0.1) is 13.8 Å². The van der Waals surface area contributed by atoms with Gasteiger partial charge in [-0.3, -0.25) is 4.79 Å². The number of ether oxygens (including phenoxy) is 1. The molecular formula is C22H21F3O2. The molecule has 2 nitrogen and oxygen atoms in total. The Morgan fingerprint density at radius 2 is 1.67 bits per heavy atom. The van der Waals surface area contributed by atoms with E-state index >= 15 is 0 Å². The standard InChI is InChI=1S/C22H21F3O2/c1-5-27-20(26)21(18-12-13(2)6-7-14(18)3)15(4)19(21)16-8-10-17(11-9-16)22(23,24)25/h6-12H,5H2,1-4H3. The highest BCUT2D eigenvalue weighted by molar-refractivity contribution is 6.15. The van der Waals surface area contributed by atoms with Crippen LogP contribution in [0.3, 0.4) is 0 Å². The van der Waals surface area contributed by atoms with E-state index in [1.807, 2.05) is 39.0 Å². The molecule has 0 saturated heterocycles. The Morgan fingerprint density at radius 1 is 1.04 bits per heavy atom. The van der Waals surface area contributed by atoms with Crippen molar-refractivity contribution < 1.29 is 22.7 Å². The highest BCUT2D eigenvalue weighted by atomic mass is 19.4. The molecule has 1 aliphatic carbocycles. The highest BCUT2D eigenvalue weighted by Crippen LogP contribution is 2.61. The van der Waals surface area contributed by atoms with Gasteiger partial charge in [0, 0.05) is 0 Å². The van der Waals surface area contributed by atoms with Crippen molar-refractivity contribution in [1.82, 2.24) is 0 Å². The van der Waals surface area contributed by atoms with Crippen LogP contribution < -0.4 is 0 Å². The molecular weight excluding hydrogens is 353 g/mol. The van der Waals surface area contributed by atoms with Crippen LogP contribution in [0.1, 0.15) is 41.7 Å². The lowest BCUT2D eigenvalue weighted by Crippen LogP contribution is -2.29. The fraction of sp³-hybridized carbons (Fsp3) is 0.318. The molecule has 0 amide bonds. The van der Waals surface area contributed by atoms with Gasteiger partial charge in [-0.25, -0.2) is 0 Å². The van der Waals surface area contributed by atoms with Crippen LogP contribution in [0.15, 0.2) is 48.0 Å². The maximum atomic E-state index is 13.0. The molecule has 1 unspecified atom stereocenters. The molecule has 1 atom stereocenters. The van der Waals surface area contributed by atoms with Gasteiger partial charge in [0.15, 0.2) is 0 Å². The Morgan fingerprint density at radius 3 is 2.22 bits per heavy atom. The first-order chi connectivity index (χ1) is 12.6. The van der Waals surface area contributed by atoms with Crippen molar-refractivity contribution in [3.8, 4) is 0 Å². The summed E-state index contributed by atoms with van der Waals surface area (Å²) in [5.41, 5.74) is 3.19. The van der Waals surface area contributed by atoms with Crippen molar-refractivity contribution in [3.05, 3.63) is 75.9 Å². The van der Waals surface area contributed by atoms with Crippen molar-refractivity contribution in [1.29, 1.82) is 0 Å². The normalized spacial score (nSPS) is 19.2. The zero-order chi connectivity index (χ0) is 20.0. The molecule has 0 spiro atoms. The van der Waals surface area contributed by atoms with Gasteiger partial charge in [0.2, 0.25) is 0 Å². The van der Waals surface area contributed by atoms with Crippen molar-refractivity contribution >= 4 is 11.5 Å². The average Bonchev–Trinajstić information content (AvgIpc) is 3.23. The van der Waals surface area contributed by atoms with Crippen LogP contribution >= 0.6 is 0 Å². The van der Waals surface area contributed by atoms with Crippen LogP contribution in [0.5, 0.6) is 0 Å². The molecule has 142 valence electrons. The Hall–Kier alpha value is -2.56. The van der Waals surface area contributed by atoms with Crippen molar-refractivity contribution in [3.63, 3.8) is 0 Å². The van der Waals surface area contributed by atoms with E-state index in [4.69, 9.17) is 4.74 Å². The molecule has 3 rings (SSSR count). The van der Waals surface area contributed by atoms with Gasteiger partial charge in [-0.1, -0.05) is 35.9 Å². The predicted molar refractivity (Wildman–Crippen MR) is 98.3 cm³/mol. The first-order valence-corrected chi connectivity index (χ1v) is 8.78. The van der Waals surface area contributed by atoms with E-state index in [0.717, 1.165) is 40.0 Å². The van der Waals surface area contributed by atoms with E-state index in [0.29, 0.717) is 5.56 Å². The van der Waals surface area contributed by atoms with Crippen molar-refractivity contribution in [2.24, 2.45) is 0 Å². The summed E-state index contributed by atoms with van der Waals surface area (Å²) in [4.78, 5) is 13.0. The minimum Gasteiger partial charge on any atom is -0.465 e. The minimum atomic E-state index is -4.39. The van der Waals surface area contributed by atoms with Gasteiger partial charge in [0.05, 0.1) is 12.2 Å². The molecule has 0 heterocycles. The lowest BCUT2D eigenvalue weighted by atomic mass is 9.83. The first-order valence-electron chi connectivity index (χ1n) is 8.78. The van der Waals surface area contributed by atoms with E-state index in [1.54, 1.807) is 6.92 Å². The summed E-state index contributed by atoms with van der Waals surface area (Å²) in [5, 5.41) is 0. The van der Waals surface area contributed by atoms with Crippen LogP contribution in [0.4, 0.5) is 13.2 Å². The van der Waals surface area contributed by atoms with Gasteiger partial charge in [-0.05, 0) is 67.7 Å². The molecule has 0 aliphatic heterocycles. The molecule has 5 heteroatoms. The number of rotatable bonds is 4. The summed E-state index contributed by atoms with van der Waals surface area (Å²) in [7, 11) is 0. The fourth-order valence-electron chi connectivity index (χ4n) is 3.75. The summed E-state index contributed by atoms with van der Waals surface area (Å²) in [6.45, 7) is 7.68. The zero-order valence-electron chi connectivity index (χ0n) is 15.7. The second-order valence-electron chi connectivity index (χ2n) is 6.86. The second kappa shape index (κ2) is 6.55. The van der Waals surface area contributed by atoms with Gasteiger partial charge >= 0.3 is 12.1 Å². The molecule has 0 saturated carbocycles. The average molecular weight is 374 g/mol. The molecule has 0 bridgehead atoms. The van der Waals surface area contributed by atoms with Crippen molar-refractivity contribution in [2.45, 2.75) is 39.3 Å². The maximum Gasteiger partial charge on any atom is 0.416 e. The lowest BCUT2D eigenvalue weighted by Gasteiger charge is -2.22. The number of hydrogen-bond donors (Lipinski definition) is 0. The number of carbonyl (C=O) groups is 1. The molecule has 0 N–H and O–H groups in total. The maximum absolute atomic E-state index is 13.0. The smallest absolute Gasteiger partial charge is 0.416 e. The van der Waals surface area contributed by atoms with E-state index < -0.39 is 17.2 Å². The number of esters is 1. The van der Waals surface area contributed by atoms with Crippen LogP contribution in [0.25, 0.3) is 5.57 Å². The zero-order valence-corrected chi connectivity index (χ0v) is 15.7. The molecule has 0 aromatic heterocycles. The first kappa shape index (κ1) is 19.2. The topological polar surface area (TPSA) is 26.3 Å². The summed E-state index contributed by atoms with van der Waals surface area (Å²) < 4.78 is 44.0. The minimum absolute atomic E-state index is 0.235. The number of benzene rings is 2. The SMILES string of the molecule is CCOC(=O)C1(c2cc(C)ccc2C)C(C)=C1c1ccc(C(F)(F)F)cc1. The molecule has 27 heavy (non-hydrogen) atoms. The molecule has 2 aromatic rings. The number of alkyl halides is 3. The Balaban J connectivity index is 2.10. The Labute approximate surface area is 156 Å². The number of carbonyl (C=O) groups excluding carboxylic acids is 1. The van der Waals surface area contributed by atoms with Crippen LogP contribution in [-0.4, -0.2) is 12.6 Å². The molecule has 0 fully saturated rings. The number of hydrogen-bond acceptors (Lipinski definition) is 2. The monoisotopic (exact) mass is 374 g/mol. The summed E-state index contributed by atoms with van der Waals surface area (Å²) >= 11 is 0. The van der Waals surface area contributed by atoms with Gasteiger partial charge < -0.3 is 4.74 Å². The van der Waals surface area contributed by atoms with Gasteiger partial charge in [-0.15, -0.1) is 0 Å². The highest BCUT2D eigenvalue weighted by Gasteiger charge is 2.60. The van der Waals surface area contributed by atoms with Gasteiger partial charge in [0.1, 0.15) is 5.41 Å².